The Morgan fingerprint density at radius 3 is 2.87 bits per heavy atom. The molecule has 0 aliphatic carbocycles. The van der Waals surface area contributed by atoms with Gasteiger partial charge in [0, 0.05) is 12.7 Å². The number of halogens is 1. The van der Waals surface area contributed by atoms with E-state index < -0.39 is 0 Å². The number of rotatable bonds is 7. The highest BCUT2D eigenvalue weighted by molar-refractivity contribution is 14.1. The average molecular weight is 321 g/mol. The maximum absolute atomic E-state index is 4.23. The second kappa shape index (κ2) is 7.22. The highest BCUT2D eigenvalue weighted by Gasteiger charge is 1.95. The zero-order valence-corrected chi connectivity index (χ0v) is 11.7. The predicted molar refractivity (Wildman–Crippen MR) is 71.9 cm³/mol. The van der Waals surface area contributed by atoms with Crippen molar-refractivity contribution in [3.05, 3.63) is 16.0 Å². The summed E-state index contributed by atoms with van der Waals surface area (Å²) in [6.07, 6.45) is 6.54. The largest absolute Gasteiger partial charge is 0.315 e. The van der Waals surface area contributed by atoms with E-state index in [1.165, 1.54) is 16.4 Å². The maximum atomic E-state index is 4.23. The van der Waals surface area contributed by atoms with E-state index in [1.54, 1.807) is 0 Å². The molecule has 0 unspecified atom stereocenters. The summed E-state index contributed by atoms with van der Waals surface area (Å²) < 4.78 is 3.18. The SMILES string of the molecule is CC(C)CCCNCCn1cc(I)cn1. The fourth-order valence-electron chi connectivity index (χ4n) is 1.41. The fourth-order valence-corrected chi connectivity index (χ4v) is 1.86. The highest BCUT2D eigenvalue weighted by Crippen LogP contribution is 2.02. The van der Waals surface area contributed by atoms with Crippen LogP contribution >= 0.6 is 22.6 Å². The van der Waals surface area contributed by atoms with Gasteiger partial charge >= 0.3 is 0 Å². The number of hydrogen-bond acceptors (Lipinski definition) is 2. The van der Waals surface area contributed by atoms with Crippen molar-refractivity contribution in [3.63, 3.8) is 0 Å². The molecule has 0 aliphatic rings. The summed E-state index contributed by atoms with van der Waals surface area (Å²) in [5.41, 5.74) is 0. The molecule has 0 radical (unpaired) electrons. The zero-order chi connectivity index (χ0) is 11.1. The van der Waals surface area contributed by atoms with Gasteiger partial charge in [0.25, 0.3) is 0 Å². The van der Waals surface area contributed by atoms with E-state index in [2.05, 4.69) is 53.1 Å². The molecule has 0 spiro atoms. The number of nitrogens with zero attached hydrogens (tertiary/aromatic N) is 2. The molecule has 3 nitrogen and oxygen atoms in total. The third-order valence-corrected chi connectivity index (χ3v) is 2.81. The van der Waals surface area contributed by atoms with Crippen LogP contribution in [-0.2, 0) is 6.54 Å². The number of aromatic nitrogens is 2. The molecule has 0 fully saturated rings. The molecule has 0 saturated carbocycles. The quantitative estimate of drug-likeness (QED) is 0.618. The molecule has 1 heterocycles. The molecular weight excluding hydrogens is 301 g/mol. The Labute approximate surface area is 106 Å². The van der Waals surface area contributed by atoms with Crippen molar-refractivity contribution in [1.29, 1.82) is 0 Å². The first-order chi connectivity index (χ1) is 7.18. The Morgan fingerprint density at radius 1 is 1.47 bits per heavy atom. The minimum atomic E-state index is 0.819. The van der Waals surface area contributed by atoms with Gasteiger partial charge in [0.2, 0.25) is 0 Å². The van der Waals surface area contributed by atoms with Crippen molar-refractivity contribution in [2.75, 3.05) is 13.1 Å². The summed E-state index contributed by atoms with van der Waals surface area (Å²) >= 11 is 2.28. The van der Waals surface area contributed by atoms with Crippen LogP contribution in [0.25, 0.3) is 0 Å². The van der Waals surface area contributed by atoms with E-state index in [4.69, 9.17) is 0 Å². The lowest BCUT2D eigenvalue weighted by molar-refractivity contribution is 0.504. The topological polar surface area (TPSA) is 29.9 Å². The van der Waals surface area contributed by atoms with Gasteiger partial charge in [0.15, 0.2) is 0 Å². The fraction of sp³-hybridized carbons (Fsp3) is 0.727. The van der Waals surface area contributed by atoms with Crippen LogP contribution in [0.1, 0.15) is 26.7 Å². The molecule has 1 N–H and O–H groups in total. The van der Waals surface area contributed by atoms with Gasteiger partial charge in [-0.3, -0.25) is 4.68 Å². The monoisotopic (exact) mass is 321 g/mol. The molecule has 0 atom stereocenters. The molecule has 0 amide bonds. The molecule has 1 aromatic heterocycles. The van der Waals surface area contributed by atoms with E-state index in [0.29, 0.717) is 0 Å². The van der Waals surface area contributed by atoms with Crippen molar-refractivity contribution >= 4 is 22.6 Å². The minimum absolute atomic E-state index is 0.819. The Balaban J connectivity index is 1.98. The van der Waals surface area contributed by atoms with Gasteiger partial charge in [-0.2, -0.15) is 5.10 Å². The van der Waals surface area contributed by atoms with Gasteiger partial charge in [-0.1, -0.05) is 13.8 Å². The Bertz CT molecular complexity index is 271. The van der Waals surface area contributed by atoms with Crippen LogP contribution in [0.5, 0.6) is 0 Å². The van der Waals surface area contributed by atoms with E-state index in [1.807, 2.05) is 10.9 Å². The third kappa shape index (κ3) is 6.14. The molecular formula is C11H20IN3. The van der Waals surface area contributed by atoms with Crippen LogP contribution in [0.2, 0.25) is 0 Å². The molecule has 15 heavy (non-hydrogen) atoms. The summed E-state index contributed by atoms with van der Waals surface area (Å²) in [6, 6.07) is 0. The van der Waals surface area contributed by atoms with Crippen molar-refractivity contribution in [2.24, 2.45) is 5.92 Å². The Kier molecular flexibility index (Phi) is 6.24. The van der Waals surface area contributed by atoms with Crippen LogP contribution < -0.4 is 5.32 Å². The van der Waals surface area contributed by atoms with Gasteiger partial charge in [-0.25, -0.2) is 0 Å². The van der Waals surface area contributed by atoms with Crippen LogP contribution in [0.3, 0.4) is 0 Å². The van der Waals surface area contributed by atoms with Crippen LogP contribution in [-0.4, -0.2) is 22.9 Å². The van der Waals surface area contributed by atoms with Crippen molar-refractivity contribution in [3.8, 4) is 0 Å². The van der Waals surface area contributed by atoms with Gasteiger partial charge in [0.1, 0.15) is 0 Å². The summed E-state index contributed by atoms with van der Waals surface area (Å²) in [5.74, 6) is 0.819. The van der Waals surface area contributed by atoms with E-state index >= 15 is 0 Å². The number of nitrogens with one attached hydrogen (secondary N) is 1. The molecule has 0 saturated heterocycles. The molecule has 0 aliphatic heterocycles. The summed E-state index contributed by atoms with van der Waals surface area (Å²) in [7, 11) is 0. The molecule has 0 aromatic carbocycles. The van der Waals surface area contributed by atoms with E-state index in [-0.39, 0.29) is 0 Å². The standard InChI is InChI=1S/C11H20IN3/c1-10(2)4-3-5-13-6-7-15-9-11(12)8-14-15/h8-10,13H,3-7H2,1-2H3. The first-order valence-corrected chi connectivity index (χ1v) is 6.65. The van der Waals surface area contributed by atoms with Crippen LogP contribution in [0.4, 0.5) is 0 Å². The molecule has 0 bridgehead atoms. The number of hydrogen-bond donors (Lipinski definition) is 1. The predicted octanol–water partition coefficient (Wildman–Crippen LogP) is 2.51. The Morgan fingerprint density at radius 2 is 2.27 bits per heavy atom. The van der Waals surface area contributed by atoms with Crippen molar-refractivity contribution in [1.82, 2.24) is 15.1 Å². The highest BCUT2D eigenvalue weighted by atomic mass is 127. The molecule has 1 aromatic rings. The van der Waals surface area contributed by atoms with E-state index in [9.17, 15) is 0 Å². The normalized spacial score (nSPS) is 11.2. The summed E-state index contributed by atoms with van der Waals surface area (Å²) in [5, 5.41) is 7.67. The first-order valence-electron chi connectivity index (χ1n) is 5.57. The van der Waals surface area contributed by atoms with Crippen LogP contribution in [0.15, 0.2) is 12.4 Å². The zero-order valence-electron chi connectivity index (χ0n) is 9.54. The van der Waals surface area contributed by atoms with Crippen molar-refractivity contribution in [2.45, 2.75) is 33.2 Å². The smallest absolute Gasteiger partial charge is 0.0623 e. The summed E-state index contributed by atoms with van der Waals surface area (Å²) in [4.78, 5) is 0. The molecule has 4 heteroatoms. The Hall–Kier alpha value is -0.100. The lowest BCUT2D eigenvalue weighted by Gasteiger charge is -2.06. The molecule has 86 valence electrons. The van der Waals surface area contributed by atoms with Gasteiger partial charge in [-0.05, 0) is 47.9 Å². The third-order valence-electron chi connectivity index (χ3n) is 2.25. The average Bonchev–Trinajstić information content (AvgIpc) is 2.57. The van der Waals surface area contributed by atoms with Crippen molar-refractivity contribution < 1.29 is 0 Å². The van der Waals surface area contributed by atoms with Crippen LogP contribution in [0, 0.1) is 9.49 Å². The molecule has 1 rings (SSSR count). The second-order valence-electron chi connectivity index (χ2n) is 4.21. The summed E-state index contributed by atoms with van der Waals surface area (Å²) in [6.45, 7) is 7.63. The minimum Gasteiger partial charge on any atom is -0.315 e. The van der Waals surface area contributed by atoms with E-state index in [0.717, 1.165) is 25.6 Å². The maximum Gasteiger partial charge on any atom is 0.0623 e. The second-order valence-corrected chi connectivity index (χ2v) is 5.45. The van der Waals surface area contributed by atoms with Gasteiger partial charge < -0.3 is 5.32 Å². The van der Waals surface area contributed by atoms with Gasteiger partial charge in [0.05, 0.1) is 16.3 Å². The lowest BCUT2D eigenvalue weighted by Crippen LogP contribution is -2.21. The lowest BCUT2D eigenvalue weighted by atomic mass is 10.1. The van der Waals surface area contributed by atoms with Gasteiger partial charge in [-0.15, -0.1) is 0 Å². The first kappa shape index (κ1) is 13.0.